The van der Waals surface area contributed by atoms with Crippen molar-refractivity contribution in [2.75, 3.05) is 19.7 Å². The number of ether oxygens (including phenoxy) is 1. The Morgan fingerprint density at radius 3 is 2.09 bits per heavy atom. The Hall–Kier alpha value is -0.900. The third kappa shape index (κ3) is 8.50. The molecule has 0 aliphatic carbocycles. The molecular weight excluding hydrogens is 290 g/mol. The maximum absolute atomic E-state index is 12.2. The van der Waals surface area contributed by atoms with E-state index in [-0.39, 0.29) is 35.2 Å². The van der Waals surface area contributed by atoms with E-state index in [1.165, 1.54) is 0 Å². The lowest BCUT2D eigenvalue weighted by atomic mass is 9.89. The molecule has 4 heteroatoms. The van der Waals surface area contributed by atoms with Crippen LogP contribution in [0.2, 0.25) is 0 Å². The highest BCUT2D eigenvalue weighted by Gasteiger charge is 2.28. The van der Waals surface area contributed by atoms with E-state index in [1.54, 1.807) is 0 Å². The lowest BCUT2D eigenvalue weighted by Gasteiger charge is -2.32. The van der Waals surface area contributed by atoms with Crippen LogP contribution in [0.3, 0.4) is 0 Å². The number of nitrogens with zero attached hydrogens (tertiary/aromatic N) is 1. The van der Waals surface area contributed by atoms with E-state index < -0.39 is 0 Å². The average molecular weight is 325 g/mol. The summed E-state index contributed by atoms with van der Waals surface area (Å²) in [6, 6.07) is 0. The molecular formula is C19H35NO3. The molecule has 0 unspecified atom stereocenters. The van der Waals surface area contributed by atoms with E-state index in [1.807, 2.05) is 25.7 Å². The smallest absolute Gasteiger partial charge is 0.222 e. The van der Waals surface area contributed by atoms with Crippen LogP contribution in [-0.2, 0) is 14.3 Å². The third-order valence-electron chi connectivity index (χ3n) is 4.27. The van der Waals surface area contributed by atoms with Crippen LogP contribution >= 0.6 is 0 Å². The fraction of sp³-hybridized carbons (Fsp3) is 0.895. The van der Waals surface area contributed by atoms with Gasteiger partial charge < -0.3 is 9.64 Å². The summed E-state index contributed by atoms with van der Waals surface area (Å²) < 4.78 is 5.57. The molecule has 23 heavy (non-hydrogen) atoms. The molecule has 1 aliphatic heterocycles. The standard InChI is InChI=1S/C19H35NO3/c1-18(2,3)11-7-8-17(22)20-12-9-15(10-13-20)16(21)14-23-19(4,5)6/h15H,7-14H2,1-6H3. The van der Waals surface area contributed by atoms with Crippen molar-refractivity contribution in [3.05, 3.63) is 0 Å². The van der Waals surface area contributed by atoms with Crippen LogP contribution in [0.1, 0.15) is 73.6 Å². The van der Waals surface area contributed by atoms with Crippen molar-refractivity contribution < 1.29 is 14.3 Å². The summed E-state index contributed by atoms with van der Waals surface area (Å²) in [5, 5.41) is 0. The van der Waals surface area contributed by atoms with Gasteiger partial charge in [-0.1, -0.05) is 20.8 Å². The first-order valence-corrected chi connectivity index (χ1v) is 8.92. The molecule has 1 rings (SSSR count). The van der Waals surface area contributed by atoms with Gasteiger partial charge in [0.1, 0.15) is 6.61 Å². The molecule has 0 aromatic heterocycles. The summed E-state index contributed by atoms with van der Waals surface area (Å²) in [6.07, 6.45) is 4.19. The minimum Gasteiger partial charge on any atom is -0.368 e. The topological polar surface area (TPSA) is 46.6 Å². The van der Waals surface area contributed by atoms with Crippen molar-refractivity contribution in [1.29, 1.82) is 0 Å². The number of Topliss-reactive ketones (excluding diaryl/α,β-unsaturated/α-hetero) is 1. The van der Waals surface area contributed by atoms with E-state index in [9.17, 15) is 9.59 Å². The lowest BCUT2D eigenvalue weighted by Crippen LogP contribution is -2.41. The van der Waals surface area contributed by atoms with E-state index >= 15 is 0 Å². The largest absolute Gasteiger partial charge is 0.368 e. The van der Waals surface area contributed by atoms with Gasteiger partial charge in [-0.3, -0.25) is 9.59 Å². The zero-order valence-electron chi connectivity index (χ0n) is 15.9. The number of hydrogen-bond acceptors (Lipinski definition) is 3. The van der Waals surface area contributed by atoms with Gasteiger partial charge in [-0.05, 0) is 51.9 Å². The van der Waals surface area contributed by atoms with Gasteiger partial charge in [-0.2, -0.15) is 0 Å². The van der Waals surface area contributed by atoms with Crippen LogP contribution in [0.4, 0.5) is 0 Å². The molecule has 0 aromatic carbocycles. The third-order valence-corrected chi connectivity index (χ3v) is 4.27. The molecule has 0 saturated carbocycles. The van der Waals surface area contributed by atoms with E-state index in [0.29, 0.717) is 19.5 Å². The van der Waals surface area contributed by atoms with Gasteiger partial charge in [-0.15, -0.1) is 0 Å². The number of rotatable bonds is 6. The Balaban J connectivity index is 2.29. The van der Waals surface area contributed by atoms with Crippen molar-refractivity contribution >= 4 is 11.7 Å². The SMILES string of the molecule is CC(C)(C)CCCC(=O)N1CCC(C(=O)COC(C)(C)C)CC1. The van der Waals surface area contributed by atoms with Crippen molar-refractivity contribution in [3.8, 4) is 0 Å². The number of piperidine rings is 1. The Bertz CT molecular complexity index is 396. The van der Waals surface area contributed by atoms with Crippen LogP contribution in [0.5, 0.6) is 0 Å². The van der Waals surface area contributed by atoms with Gasteiger partial charge in [-0.25, -0.2) is 0 Å². The maximum Gasteiger partial charge on any atom is 0.222 e. The summed E-state index contributed by atoms with van der Waals surface area (Å²) in [7, 11) is 0. The van der Waals surface area contributed by atoms with E-state index in [2.05, 4.69) is 20.8 Å². The fourth-order valence-corrected chi connectivity index (χ4v) is 2.78. The zero-order chi connectivity index (χ0) is 17.7. The molecule has 134 valence electrons. The molecule has 0 bridgehead atoms. The number of likely N-dealkylation sites (tertiary alicyclic amines) is 1. The number of ketones is 1. The van der Waals surface area contributed by atoms with Crippen molar-refractivity contribution in [2.24, 2.45) is 11.3 Å². The molecule has 1 fully saturated rings. The van der Waals surface area contributed by atoms with E-state index in [4.69, 9.17) is 4.74 Å². The Labute approximate surface area is 141 Å². The van der Waals surface area contributed by atoms with Crippen LogP contribution in [-0.4, -0.2) is 41.9 Å². The normalized spacial score (nSPS) is 17.4. The lowest BCUT2D eigenvalue weighted by molar-refractivity contribution is -0.138. The number of carbonyl (C=O) groups is 2. The molecule has 0 radical (unpaired) electrons. The molecule has 1 amide bonds. The highest BCUT2D eigenvalue weighted by atomic mass is 16.5. The van der Waals surface area contributed by atoms with Crippen LogP contribution in [0, 0.1) is 11.3 Å². The second-order valence-electron chi connectivity index (χ2n) is 8.94. The summed E-state index contributed by atoms with van der Waals surface area (Å²) in [4.78, 5) is 26.3. The van der Waals surface area contributed by atoms with Crippen LogP contribution in [0.15, 0.2) is 0 Å². The Morgan fingerprint density at radius 1 is 1.04 bits per heavy atom. The molecule has 1 saturated heterocycles. The molecule has 0 spiro atoms. The zero-order valence-corrected chi connectivity index (χ0v) is 15.9. The molecule has 0 atom stereocenters. The summed E-state index contributed by atoms with van der Waals surface area (Å²) >= 11 is 0. The molecule has 0 N–H and O–H groups in total. The minimum atomic E-state index is -0.278. The molecule has 0 aromatic rings. The van der Waals surface area contributed by atoms with Gasteiger partial charge in [0, 0.05) is 25.4 Å². The predicted molar refractivity (Wildman–Crippen MR) is 93.3 cm³/mol. The van der Waals surface area contributed by atoms with Gasteiger partial charge in [0.2, 0.25) is 5.91 Å². The van der Waals surface area contributed by atoms with Crippen LogP contribution in [0.25, 0.3) is 0 Å². The first-order chi connectivity index (χ1) is 10.5. The highest BCUT2D eigenvalue weighted by Crippen LogP contribution is 2.23. The Morgan fingerprint density at radius 2 is 1.61 bits per heavy atom. The number of amides is 1. The second-order valence-corrected chi connectivity index (χ2v) is 8.94. The molecule has 1 heterocycles. The Kier molecular flexibility index (Phi) is 7.25. The summed E-state index contributed by atoms with van der Waals surface area (Å²) in [6.45, 7) is 14.1. The van der Waals surface area contributed by atoms with Crippen molar-refractivity contribution in [1.82, 2.24) is 4.90 Å². The summed E-state index contributed by atoms with van der Waals surface area (Å²) in [5.41, 5.74) is 0.00608. The monoisotopic (exact) mass is 325 g/mol. The molecule has 1 aliphatic rings. The first-order valence-electron chi connectivity index (χ1n) is 8.92. The maximum atomic E-state index is 12.2. The van der Waals surface area contributed by atoms with Crippen molar-refractivity contribution in [2.45, 2.75) is 79.2 Å². The fourth-order valence-electron chi connectivity index (χ4n) is 2.78. The minimum absolute atomic E-state index is 0.0518. The van der Waals surface area contributed by atoms with Gasteiger partial charge in [0.05, 0.1) is 5.60 Å². The van der Waals surface area contributed by atoms with Crippen molar-refractivity contribution in [3.63, 3.8) is 0 Å². The highest BCUT2D eigenvalue weighted by molar-refractivity contribution is 5.83. The van der Waals surface area contributed by atoms with Gasteiger partial charge in [0.15, 0.2) is 5.78 Å². The number of carbonyl (C=O) groups excluding carboxylic acids is 2. The number of hydrogen-bond donors (Lipinski definition) is 0. The molecule has 4 nitrogen and oxygen atoms in total. The first kappa shape index (κ1) is 20.1. The van der Waals surface area contributed by atoms with Gasteiger partial charge in [0.25, 0.3) is 0 Å². The van der Waals surface area contributed by atoms with Crippen LogP contribution < -0.4 is 0 Å². The van der Waals surface area contributed by atoms with Gasteiger partial charge >= 0.3 is 0 Å². The predicted octanol–water partition coefficient (Wildman–Crippen LogP) is 3.83. The second kappa shape index (κ2) is 8.27. The summed E-state index contributed by atoms with van der Waals surface area (Å²) in [5.74, 6) is 0.474. The van der Waals surface area contributed by atoms with E-state index in [0.717, 1.165) is 25.7 Å². The quantitative estimate of drug-likeness (QED) is 0.745. The average Bonchev–Trinajstić information content (AvgIpc) is 2.42.